The monoisotopic (exact) mass is 413 g/mol. The molecule has 0 bridgehead atoms. The van der Waals surface area contributed by atoms with Gasteiger partial charge in [-0.3, -0.25) is 14.4 Å². The van der Waals surface area contributed by atoms with Crippen molar-refractivity contribution in [2.24, 2.45) is 0 Å². The van der Waals surface area contributed by atoms with E-state index in [1.807, 2.05) is 18.2 Å². The highest BCUT2D eigenvalue weighted by Crippen LogP contribution is 2.29. The second-order valence-corrected chi connectivity index (χ2v) is 7.65. The largest absolute Gasteiger partial charge is 0.453 e. The topological polar surface area (TPSA) is 72.5 Å². The quantitative estimate of drug-likeness (QED) is 0.538. The molecular formula is C23H24ClNO4. The molecule has 2 aromatic carbocycles. The first-order valence-electron chi connectivity index (χ1n) is 9.80. The molecule has 0 saturated heterocycles. The summed E-state index contributed by atoms with van der Waals surface area (Å²) in [6.45, 7) is 1.54. The molecule has 3 rings (SSSR count). The molecular weight excluding hydrogens is 390 g/mol. The number of carbonyl (C=O) groups excluding carboxylic acids is 3. The van der Waals surface area contributed by atoms with E-state index in [1.165, 1.54) is 5.56 Å². The lowest BCUT2D eigenvalue weighted by Crippen LogP contribution is -2.39. The number of hydrogen-bond donors (Lipinski definition) is 1. The van der Waals surface area contributed by atoms with Gasteiger partial charge < -0.3 is 10.1 Å². The second kappa shape index (κ2) is 9.70. The molecule has 0 aromatic heterocycles. The molecule has 2 aromatic rings. The van der Waals surface area contributed by atoms with E-state index in [0.717, 1.165) is 24.8 Å². The van der Waals surface area contributed by atoms with E-state index in [9.17, 15) is 14.4 Å². The number of fused-ring (bicyclic) bond motifs is 1. The molecule has 0 aliphatic heterocycles. The summed E-state index contributed by atoms with van der Waals surface area (Å²) in [5.41, 5.74) is 2.86. The van der Waals surface area contributed by atoms with Crippen LogP contribution in [0.2, 0.25) is 5.02 Å². The zero-order valence-electron chi connectivity index (χ0n) is 16.3. The number of aryl methyl sites for hydroxylation is 1. The molecule has 152 valence electrons. The van der Waals surface area contributed by atoms with Crippen molar-refractivity contribution in [2.45, 2.75) is 51.2 Å². The number of nitrogens with one attached hydrogen (secondary N) is 1. The summed E-state index contributed by atoms with van der Waals surface area (Å²) in [6.07, 6.45) is 1.90. The fourth-order valence-corrected chi connectivity index (χ4v) is 3.62. The fourth-order valence-electron chi connectivity index (χ4n) is 3.50. The minimum atomic E-state index is -0.915. The SMILES string of the molecule is C[C@@H](OC(=O)CCC(=O)c1ccc(Cl)cc1)C(=O)N[C@@H]1CCCc2ccccc21. The van der Waals surface area contributed by atoms with Crippen molar-refractivity contribution < 1.29 is 19.1 Å². The molecule has 1 N–H and O–H groups in total. The van der Waals surface area contributed by atoms with E-state index >= 15 is 0 Å². The molecule has 1 aliphatic carbocycles. The van der Waals surface area contributed by atoms with Gasteiger partial charge in [0.05, 0.1) is 12.5 Å². The van der Waals surface area contributed by atoms with Gasteiger partial charge in [0.1, 0.15) is 0 Å². The first kappa shape index (κ1) is 21.1. The molecule has 0 radical (unpaired) electrons. The van der Waals surface area contributed by atoms with Gasteiger partial charge in [-0.15, -0.1) is 0 Å². The number of esters is 1. The minimum absolute atomic E-state index is 0.0187. The highest BCUT2D eigenvalue weighted by Gasteiger charge is 2.25. The van der Waals surface area contributed by atoms with Crippen LogP contribution in [0.25, 0.3) is 0 Å². The van der Waals surface area contributed by atoms with Crippen molar-refractivity contribution >= 4 is 29.3 Å². The van der Waals surface area contributed by atoms with Gasteiger partial charge in [-0.05, 0) is 61.6 Å². The molecule has 0 spiro atoms. The maximum atomic E-state index is 12.5. The van der Waals surface area contributed by atoms with Gasteiger partial charge in [0.2, 0.25) is 0 Å². The number of Topliss-reactive ketones (excluding diaryl/α,β-unsaturated/α-hetero) is 1. The number of carbonyl (C=O) groups is 3. The number of amides is 1. The summed E-state index contributed by atoms with van der Waals surface area (Å²) < 4.78 is 5.22. The minimum Gasteiger partial charge on any atom is -0.453 e. The summed E-state index contributed by atoms with van der Waals surface area (Å²) in [5.74, 6) is -1.07. The fraction of sp³-hybridized carbons (Fsp3) is 0.348. The smallest absolute Gasteiger partial charge is 0.307 e. The van der Waals surface area contributed by atoms with Crippen molar-refractivity contribution in [1.29, 1.82) is 0 Å². The van der Waals surface area contributed by atoms with Crippen LogP contribution in [-0.4, -0.2) is 23.8 Å². The van der Waals surface area contributed by atoms with E-state index in [0.29, 0.717) is 10.6 Å². The molecule has 29 heavy (non-hydrogen) atoms. The molecule has 0 fully saturated rings. The predicted octanol–water partition coefficient (Wildman–Crippen LogP) is 4.43. The summed E-state index contributed by atoms with van der Waals surface area (Å²) >= 11 is 5.81. The summed E-state index contributed by atoms with van der Waals surface area (Å²) in [6, 6.07) is 14.5. The standard InChI is InChI=1S/C23H24ClNO4/c1-15(23(28)25-20-8-4-6-16-5-2-3-7-19(16)20)29-22(27)14-13-21(26)17-9-11-18(24)12-10-17/h2-3,5,7,9-12,15,20H,4,6,8,13-14H2,1H3,(H,25,28)/t15-,20-/m1/s1. The van der Waals surface area contributed by atoms with E-state index in [2.05, 4.69) is 11.4 Å². The first-order chi connectivity index (χ1) is 13.9. The van der Waals surface area contributed by atoms with Crippen LogP contribution in [0.1, 0.15) is 60.1 Å². The summed E-state index contributed by atoms with van der Waals surface area (Å²) in [5, 5.41) is 3.52. The Morgan fingerprint density at radius 1 is 1.10 bits per heavy atom. The lowest BCUT2D eigenvalue weighted by molar-refractivity contribution is -0.155. The summed E-state index contributed by atoms with van der Waals surface area (Å²) in [7, 11) is 0. The van der Waals surface area contributed by atoms with Crippen LogP contribution in [-0.2, 0) is 20.7 Å². The lowest BCUT2D eigenvalue weighted by Gasteiger charge is -2.27. The van der Waals surface area contributed by atoms with Gasteiger partial charge in [0.25, 0.3) is 5.91 Å². The number of ether oxygens (including phenoxy) is 1. The van der Waals surface area contributed by atoms with Crippen molar-refractivity contribution in [2.75, 3.05) is 0 Å². The molecule has 1 amide bonds. The van der Waals surface area contributed by atoms with Crippen molar-refractivity contribution in [3.05, 3.63) is 70.2 Å². The van der Waals surface area contributed by atoms with Crippen molar-refractivity contribution in [1.82, 2.24) is 5.32 Å². The van der Waals surface area contributed by atoms with Gasteiger partial charge >= 0.3 is 5.97 Å². The molecule has 0 unspecified atom stereocenters. The normalized spacial score (nSPS) is 16.4. The van der Waals surface area contributed by atoms with Crippen LogP contribution in [0, 0.1) is 0 Å². The second-order valence-electron chi connectivity index (χ2n) is 7.21. The van der Waals surface area contributed by atoms with Gasteiger partial charge in [-0.25, -0.2) is 0 Å². The van der Waals surface area contributed by atoms with Crippen LogP contribution >= 0.6 is 11.6 Å². The number of benzene rings is 2. The Balaban J connectivity index is 1.47. The summed E-state index contributed by atoms with van der Waals surface area (Å²) in [4.78, 5) is 36.7. The van der Waals surface area contributed by atoms with Crippen LogP contribution in [0.15, 0.2) is 48.5 Å². The molecule has 2 atom stereocenters. The molecule has 0 heterocycles. The molecule has 0 saturated carbocycles. The lowest BCUT2D eigenvalue weighted by atomic mass is 9.87. The maximum absolute atomic E-state index is 12.5. The average molecular weight is 414 g/mol. The van der Waals surface area contributed by atoms with Gasteiger partial charge in [-0.2, -0.15) is 0 Å². The van der Waals surface area contributed by atoms with Crippen LogP contribution in [0.4, 0.5) is 0 Å². The molecule has 1 aliphatic rings. The zero-order chi connectivity index (χ0) is 20.8. The highest BCUT2D eigenvalue weighted by atomic mass is 35.5. The van der Waals surface area contributed by atoms with Crippen molar-refractivity contribution in [3.8, 4) is 0 Å². The third kappa shape index (κ3) is 5.67. The highest BCUT2D eigenvalue weighted by molar-refractivity contribution is 6.30. The zero-order valence-corrected chi connectivity index (χ0v) is 17.1. The van der Waals surface area contributed by atoms with Crippen LogP contribution in [0.3, 0.4) is 0 Å². The van der Waals surface area contributed by atoms with E-state index in [4.69, 9.17) is 16.3 Å². The number of hydrogen-bond acceptors (Lipinski definition) is 4. The van der Waals surface area contributed by atoms with Crippen LogP contribution in [0.5, 0.6) is 0 Å². The number of ketones is 1. The maximum Gasteiger partial charge on any atom is 0.307 e. The van der Waals surface area contributed by atoms with Gasteiger partial charge in [0.15, 0.2) is 11.9 Å². The van der Waals surface area contributed by atoms with E-state index < -0.39 is 12.1 Å². The third-order valence-electron chi connectivity index (χ3n) is 5.09. The Morgan fingerprint density at radius 2 is 1.83 bits per heavy atom. The van der Waals surface area contributed by atoms with E-state index in [-0.39, 0.29) is 30.6 Å². The van der Waals surface area contributed by atoms with Gasteiger partial charge in [-0.1, -0.05) is 35.9 Å². The Bertz CT molecular complexity index is 894. The van der Waals surface area contributed by atoms with E-state index in [1.54, 1.807) is 31.2 Å². The first-order valence-corrected chi connectivity index (χ1v) is 10.2. The Kier molecular flexibility index (Phi) is 7.04. The Morgan fingerprint density at radius 3 is 2.59 bits per heavy atom. The van der Waals surface area contributed by atoms with Gasteiger partial charge in [0, 0.05) is 17.0 Å². The predicted molar refractivity (Wildman–Crippen MR) is 111 cm³/mol. The molecule has 6 heteroatoms. The average Bonchev–Trinajstić information content (AvgIpc) is 2.72. The van der Waals surface area contributed by atoms with Crippen molar-refractivity contribution in [3.63, 3.8) is 0 Å². The molecule has 5 nitrogen and oxygen atoms in total. The number of rotatable bonds is 7. The Hall–Kier alpha value is -2.66. The van der Waals surface area contributed by atoms with Crippen LogP contribution < -0.4 is 5.32 Å². The third-order valence-corrected chi connectivity index (χ3v) is 5.34. The number of halogens is 1. The Labute approximate surface area is 175 Å².